The maximum atomic E-state index is 6.46. The van der Waals surface area contributed by atoms with Gasteiger partial charge in [0.05, 0.1) is 22.1 Å². The highest BCUT2D eigenvalue weighted by Gasteiger charge is 2.36. The lowest BCUT2D eigenvalue weighted by Gasteiger charge is -2.21. The molecule has 14 aromatic rings. The first-order valence-corrected chi connectivity index (χ1v) is 24.6. The molecule has 10 aromatic carbocycles. The van der Waals surface area contributed by atoms with Crippen LogP contribution in [0.25, 0.3) is 133 Å². The molecule has 0 amide bonds. The molecule has 1 aliphatic rings. The van der Waals surface area contributed by atoms with E-state index in [2.05, 4.69) is 205 Å². The molecule has 0 aliphatic heterocycles. The van der Waals surface area contributed by atoms with Gasteiger partial charge in [-0.2, -0.15) is 0 Å². The van der Waals surface area contributed by atoms with E-state index in [1.807, 2.05) is 42.5 Å². The number of rotatable bonds is 6. The minimum absolute atomic E-state index is 0.177. The lowest BCUT2D eigenvalue weighted by Crippen LogP contribution is -2.14. The zero-order chi connectivity index (χ0) is 47.7. The number of furan rings is 1. The molecule has 6 heteroatoms. The number of para-hydroxylation sites is 2. The summed E-state index contributed by atoms with van der Waals surface area (Å²) in [5.74, 6) is 1.89. The Hall–Kier alpha value is -9.39. The normalized spacial score (nSPS) is 13.0. The quantitative estimate of drug-likeness (QED) is 0.167. The van der Waals surface area contributed by atoms with Crippen LogP contribution in [0.3, 0.4) is 0 Å². The Morgan fingerprint density at radius 2 is 0.889 bits per heavy atom. The maximum absolute atomic E-state index is 6.46. The van der Waals surface area contributed by atoms with Gasteiger partial charge in [0.25, 0.3) is 0 Å². The van der Waals surface area contributed by atoms with Crippen molar-refractivity contribution in [3.8, 4) is 67.8 Å². The third-order valence-corrected chi connectivity index (χ3v) is 15.1. The summed E-state index contributed by atoms with van der Waals surface area (Å²) < 4.78 is 11.3. The number of hydrogen-bond donors (Lipinski definition) is 0. The molecule has 72 heavy (non-hydrogen) atoms. The monoisotopic (exact) mass is 921 g/mol. The standard InChI is InChI=1S/C66H43N5O/c1-66(2)55-27-14-12-25-47(55)50-36-52-48-31-29-43(42-30-32-57-51(34-42)53-37-54-49-26-13-15-28-61(49)72-62(54)39-60(53)70(57)45-22-10-5-11-23-45)35-58(48)71(59(52)38-56(50)66)46-24-16-21-44(33-46)65-68-63(40-17-6-3-7-18-40)67-64(69-65)41-19-8-4-9-20-41/h3-39H,1-2H3. The van der Waals surface area contributed by atoms with Gasteiger partial charge in [-0.25, -0.2) is 15.0 Å². The van der Waals surface area contributed by atoms with Crippen molar-refractivity contribution in [1.82, 2.24) is 24.1 Å². The number of fused-ring (bicyclic) bond motifs is 12. The smallest absolute Gasteiger partial charge is 0.164 e. The number of aromatic nitrogens is 5. The Balaban J connectivity index is 0.958. The van der Waals surface area contributed by atoms with Crippen LogP contribution in [0.1, 0.15) is 25.0 Å². The summed E-state index contributed by atoms with van der Waals surface area (Å²) in [7, 11) is 0. The molecule has 338 valence electrons. The van der Waals surface area contributed by atoms with Crippen LogP contribution in [0, 0.1) is 0 Å². The molecular weight excluding hydrogens is 879 g/mol. The highest BCUT2D eigenvalue weighted by atomic mass is 16.3. The highest BCUT2D eigenvalue weighted by molar-refractivity contribution is 6.18. The summed E-state index contributed by atoms with van der Waals surface area (Å²) in [5.41, 5.74) is 18.6. The van der Waals surface area contributed by atoms with Crippen molar-refractivity contribution >= 4 is 65.6 Å². The third-order valence-electron chi connectivity index (χ3n) is 15.1. The number of hydrogen-bond acceptors (Lipinski definition) is 4. The first kappa shape index (κ1) is 40.5. The summed E-state index contributed by atoms with van der Waals surface area (Å²) in [5, 5.41) is 7.01. The number of benzene rings is 10. The second-order valence-corrected chi connectivity index (χ2v) is 19.6. The largest absolute Gasteiger partial charge is 0.456 e. The third kappa shape index (κ3) is 6.05. The van der Waals surface area contributed by atoms with E-state index in [1.54, 1.807) is 0 Å². The Bertz CT molecular complexity index is 4470. The van der Waals surface area contributed by atoms with E-state index in [4.69, 9.17) is 19.4 Å². The van der Waals surface area contributed by atoms with Gasteiger partial charge >= 0.3 is 0 Å². The van der Waals surface area contributed by atoms with Crippen LogP contribution in [0.5, 0.6) is 0 Å². The topological polar surface area (TPSA) is 61.7 Å². The molecule has 0 bridgehead atoms. The minimum Gasteiger partial charge on any atom is -0.456 e. The SMILES string of the molecule is CC1(C)c2ccccc2-c2cc3c4ccc(-c5ccc6c(c5)c5cc7c(cc5n6-c5ccccc5)oc5ccccc57)cc4n(-c4cccc(-c5nc(-c6ccccc6)nc(-c6ccccc6)n5)c4)c3cc21. The fourth-order valence-electron chi connectivity index (χ4n) is 11.7. The highest BCUT2D eigenvalue weighted by Crippen LogP contribution is 2.51. The van der Waals surface area contributed by atoms with Crippen LogP contribution in [0.4, 0.5) is 0 Å². The van der Waals surface area contributed by atoms with Gasteiger partial charge in [0, 0.05) is 71.9 Å². The van der Waals surface area contributed by atoms with Crippen LogP contribution in [0.2, 0.25) is 0 Å². The molecule has 0 spiro atoms. The van der Waals surface area contributed by atoms with E-state index in [9.17, 15) is 0 Å². The van der Waals surface area contributed by atoms with E-state index in [-0.39, 0.29) is 5.41 Å². The first-order chi connectivity index (χ1) is 35.4. The Kier molecular flexibility index (Phi) is 8.61. The molecule has 6 nitrogen and oxygen atoms in total. The van der Waals surface area contributed by atoms with Gasteiger partial charge in [-0.05, 0) is 100 Å². The van der Waals surface area contributed by atoms with Crippen molar-refractivity contribution in [1.29, 1.82) is 0 Å². The zero-order valence-electron chi connectivity index (χ0n) is 39.5. The van der Waals surface area contributed by atoms with Crippen molar-refractivity contribution in [3.63, 3.8) is 0 Å². The molecule has 0 atom stereocenters. The van der Waals surface area contributed by atoms with E-state index in [0.29, 0.717) is 17.5 Å². The van der Waals surface area contributed by atoms with Crippen LogP contribution in [-0.4, -0.2) is 24.1 Å². The predicted octanol–water partition coefficient (Wildman–Crippen LogP) is 16.9. The van der Waals surface area contributed by atoms with Gasteiger partial charge in [-0.1, -0.05) is 166 Å². The van der Waals surface area contributed by atoms with Crippen molar-refractivity contribution in [3.05, 3.63) is 236 Å². The van der Waals surface area contributed by atoms with Crippen molar-refractivity contribution in [2.24, 2.45) is 0 Å². The molecule has 0 radical (unpaired) electrons. The van der Waals surface area contributed by atoms with Crippen LogP contribution < -0.4 is 0 Å². The van der Waals surface area contributed by atoms with E-state index in [1.165, 1.54) is 43.8 Å². The molecule has 1 aliphatic carbocycles. The van der Waals surface area contributed by atoms with E-state index < -0.39 is 0 Å². The molecule has 0 saturated carbocycles. The van der Waals surface area contributed by atoms with Crippen LogP contribution >= 0.6 is 0 Å². The molecule has 0 N–H and O–H groups in total. The van der Waals surface area contributed by atoms with Crippen molar-refractivity contribution < 1.29 is 4.42 Å². The minimum atomic E-state index is -0.177. The number of nitrogens with zero attached hydrogens (tertiary/aromatic N) is 5. The van der Waals surface area contributed by atoms with E-state index >= 15 is 0 Å². The second kappa shape index (κ2) is 15.3. The average Bonchev–Trinajstić information content (AvgIpc) is 4.14. The summed E-state index contributed by atoms with van der Waals surface area (Å²) in [6, 6.07) is 80.3. The Morgan fingerprint density at radius 1 is 0.319 bits per heavy atom. The summed E-state index contributed by atoms with van der Waals surface area (Å²) >= 11 is 0. The van der Waals surface area contributed by atoms with Gasteiger partial charge in [0.1, 0.15) is 11.2 Å². The van der Waals surface area contributed by atoms with Crippen molar-refractivity contribution in [2.75, 3.05) is 0 Å². The molecule has 4 aromatic heterocycles. The van der Waals surface area contributed by atoms with Gasteiger partial charge < -0.3 is 13.6 Å². The lowest BCUT2D eigenvalue weighted by molar-refractivity contribution is 0.661. The average molecular weight is 922 g/mol. The molecule has 0 unspecified atom stereocenters. The summed E-state index contributed by atoms with van der Waals surface area (Å²) in [6.45, 7) is 4.71. The predicted molar refractivity (Wildman–Crippen MR) is 295 cm³/mol. The Labute approximate surface area is 414 Å². The second-order valence-electron chi connectivity index (χ2n) is 19.6. The maximum Gasteiger partial charge on any atom is 0.164 e. The van der Waals surface area contributed by atoms with Crippen LogP contribution in [-0.2, 0) is 5.41 Å². The fourth-order valence-corrected chi connectivity index (χ4v) is 11.7. The van der Waals surface area contributed by atoms with Gasteiger partial charge in [-0.15, -0.1) is 0 Å². The lowest BCUT2D eigenvalue weighted by atomic mass is 9.82. The summed E-state index contributed by atoms with van der Waals surface area (Å²) in [6.07, 6.45) is 0. The first-order valence-electron chi connectivity index (χ1n) is 24.6. The molecule has 0 saturated heterocycles. The Morgan fingerprint density at radius 3 is 1.67 bits per heavy atom. The van der Waals surface area contributed by atoms with Crippen LogP contribution in [0.15, 0.2) is 229 Å². The molecular formula is C66H43N5O. The molecule has 0 fully saturated rings. The van der Waals surface area contributed by atoms with Crippen molar-refractivity contribution in [2.45, 2.75) is 19.3 Å². The zero-order valence-corrected chi connectivity index (χ0v) is 39.5. The fraction of sp³-hybridized carbons (Fsp3) is 0.0455. The van der Waals surface area contributed by atoms with Gasteiger partial charge in [0.2, 0.25) is 0 Å². The molecule has 15 rings (SSSR count). The van der Waals surface area contributed by atoms with E-state index in [0.717, 1.165) is 83.2 Å². The van der Waals surface area contributed by atoms with Gasteiger partial charge in [0.15, 0.2) is 17.5 Å². The molecule has 4 heterocycles. The van der Waals surface area contributed by atoms with Gasteiger partial charge in [-0.3, -0.25) is 0 Å². The summed E-state index contributed by atoms with van der Waals surface area (Å²) in [4.78, 5) is 15.3.